The number of aromatic nitrogens is 1. The number of piperidine rings is 1. The van der Waals surface area contributed by atoms with Gasteiger partial charge in [0.2, 0.25) is 10.0 Å². The van der Waals surface area contributed by atoms with E-state index < -0.39 is 27.4 Å². The van der Waals surface area contributed by atoms with Gasteiger partial charge in [-0.2, -0.15) is 4.31 Å². The summed E-state index contributed by atoms with van der Waals surface area (Å²) < 4.78 is 28.1. The van der Waals surface area contributed by atoms with Gasteiger partial charge in [0.05, 0.1) is 4.90 Å². The normalized spacial score (nSPS) is 23.6. The lowest BCUT2D eigenvalue weighted by atomic mass is 9.77. The first-order chi connectivity index (χ1) is 9.16. The number of carbonyl (C=O) groups is 1. The maximum atomic E-state index is 12.7. The van der Waals surface area contributed by atoms with Crippen molar-refractivity contribution < 1.29 is 18.3 Å². The number of carboxylic acids is 1. The van der Waals surface area contributed by atoms with Crippen molar-refractivity contribution >= 4 is 16.0 Å². The van der Waals surface area contributed by atoms with Crippen LogP contribution in [0.1, 0.15) is 26.7 Å². The van der Waals surface area contributed by atoms with E-state index in [1.54, 1.807) is 31.7 Å². The number of aryl methyl sites for hydroxylation is 1. The fourth-order valence-corrected chi connectivity index (χ4v) is 4.65. The predicted octanol–water partition coefficient (Wildman–Crippen LogP) is 1.29. The molecule has 2 rings (SSSR count). The summed E-state index contributed by atoms with van der Waals surface area (Å²) in [6.07, 6.45) is 4.50. The molecule has 0 amide bonds. The Labute approximate surface area is 119 Å². The maximum absolute atomic E-state index is 12.7. The standard InChI is InChI=1S/C13H20N2O4S/c1-13(2)6-4-7-15(11(13)12(16)17)20(18,19)10-5-8-14(3)9-10/h5,8-9,11H,4,6-7H2,1-3H3,(H,16,17). The zero-order valence-corrected chi connectivity index (χ0v) is 12.7. The molecular formula is C13H20N2O4S. The smallest absolute Gasteiger partial charge is 0.322 e. The molecule has 112 valence electrons. The summed E-state index contributed by atoms with van der Waals surface area (Å²) in [7, 11) is -2.04. The number of aliphatic carboxylic acids is 1. The van der Waals surface area contributed by atoms with Gasteiger partial charge in [-0.3, -0.25) is 4.79 Å². The molecule has 1 saturated heterocycles. The lowest BCUT2D eigenvalue weighted by Gasteiger charge is -2.42. The third kappa shape index (κ3) is 2.47. The highest BCUT2D eigenvalue weighted by Gasteiger charge is 2.47. The lowest BCUT2D eigenvalue weighted by Crippen LogP contribution is -2.56. The van der Waals surface area contributed by atoms with Crippen LogP contribution in [-0.4, -0.2) is 41.0 Å². The van der Waals surface area contributed by atoms with E-state index in [0.29, 0.717) is 12.8 Å². The van der Waals surface area contributed by atoms with Gasteiger partial charge in [0.15, 0.2) is 0 Å². The van der Waals surface area contributed by atoms with Gasteiger partial charge in [-0.1, -0.05) is 13.8 Å². The molecule has 0 aromatic carbocycles. The summed E-state index contributed by atoms with van der Waals surface area (Å²) in [5.41, 5.74) is -0.577. The van der Waals surface area contributed by atoms with Crippen molar-refractivity contribution in [3.63, 3.8) is 0 Å². The molecular weight excluding hydrogens is 280 g/mol. The number of hydrogen-bond acceptors (Lipinski definition) is 3. The van der Waals surface area contributed by atoms with Gasteiger partial charge in [-0.05, 0) is 24.3 Å². The Hall–Kier alpha value is -1.34. The van der Waals surface area contributed by atoms with Crippen LogP contribution < -0.4 is 0 Å². The second-order valence-corrected chi connectivity index (χ2v) is 7.85. The van der Waals surface area contributed by atoms with Gasteiger partial charge >= 0.3 is 5.97 Å². The molecule has 1 aliphatic rings. The maximum Gasteiger partial charge on any atom is 0.322 e. The van der Waals surface area contributed by atoms with E-state index in [1.807, 2.05) is 0 Å². The molecule has 1 aromatic heterocycles. The average molecular weight is 300 g/mol. The van der Waals surface area contributed by atoms with Crippen LogP contribution in [0.2, 0.25) is 0 Å². The Morgan fingerprint density at radius 1 is 1.45 bits per heavy atom. The van der Waals surface area contributed by atoms with Crippen LogP contribution in [-0.2, 0) is 21.9 Å². The van der Waals surface area contributed by atoms with Gasteiger partial charge in [-0.15, -0.1) is 0 Å². The van der Waals surface area contributed by atoms with E-state index >= 15 is 0 Å². The van der Waals surface area contributed by atoms with Crippen molar-refractivity contribution in [2.45, 2.75) is 37.6 Å². The highest BCUT2D eigenvalue weighted by Crippen LogP contribution is 2.38. The van der Waals surface area contributed by atoms with E-state index in [9.17, 15) is 18.3 Å². The van der Waals surface area contributed by atoms with E-state index in [0.717, 1.165) is 4.31 Å². The van der Waals surface area contributed by atoms with Crippen LogP contribution in [0.4, 0.5) is 0 Å². The molecule has 0 radical (unpaired) electrons. The van der Waals surface area contributed by atoms with Gasteiger partial charge in [-0.25, -0.2) is 8.42 Å². The van der Waals surface area contributed by atoms with Gasteiger partial charge in [0.25, 0.3) is 0 Å². The molecule has 6 nitrogen and oxygen atoms in total. The average Bonchev–Trinajstić information content (AvgIpc) is 2.74. The zero-order valence-electron chi connectivity index (χ0n) is 11.9. The molecule has 0 saturated carbocycles. The second kappa shape index (κ2) is 4.89. The molecule has 1 N–H and O–H groups in total. The summed E-state index contributed by atoms with van der Waals surface area (Å²) in [6, 6.07) is 0.469. The fraction of sp³-hybridized carbons (Fsp3) is 0.615. The SMILES string of the molecule is Cn1ccc(S(=O)(=O)N2CCCC(C)(C)C2C(=O)O)c1. The molecule has 0 spiro atoms. The lowest BCUT2D eigenvalue weighted by molar-refractivity contribution is -0.147. The van der Waals surface area contributed by atoms with Crippen molar-refractivity contribution in [3.8, 4) is 0 Å². The number of sulfonamides is 1. The van der Waals surface area contributed by atoms with Crippen LogP contribution in [0.15, 0.2) is 23.4 Å². The van der Waals surface area contributed by atoms with Crippen LogP contribution in [0.5, 0.6) is 0 Å². The van der Waals surface area contributed by atoms with E-state index in [1.165, 1.54) is 12.3 Å². The molecule has 1 atom stereocenters. The highest BCUT2D eigenvalue weighted by atomic mass is 32.2. The minimum absolute atomic E-state index is 0.143. The minimum atomic E-state index is -3.77. The number of hydrogen-bond donors (Lipinski definition) is 1. The van der Waals surface area contributed by atoms with Gasteiger partial charge in [0.1, 0.15) is 6.04 Å². The first-order valence-electron chi connectivity index (χ1n) is 6.53. The summed E-state index contributed by atoms with van der Waals surface area (Å²) in [4.78, 5) is 11.7. The summed E-state index contributed by atoms with van der Waals surface area (Å²) in [5.74, 6) is -1.09. The first-order valence-corrected chi connectivity index (χ1v) is 7.97. The molecule has 1 fully saturated rings. The van der Waals surface area contributed by atoms with E-state index in [4.69, 9.17) is 0 Å². The van der Waals surface area contributed by atoms with Crippen LogP contribution in [0.3, 0.4) is 0 Å². The summed E-state index contributed by atoms with van der Waals surface area (Å²) >= 11 is 0. The Morgan fingerprint density at radius 2 is 2.10 bits per heavy atom. The molecule has 20 heavy (non-hydrogen) atoms. The Bertz CT molecular complexity index is 618. The van der Waals surface area contributed by atoms with Crippen molar-refractivity contribution in [2.75, 3.05) is 6.54 Å². The van der Waals surface area contributed by atoms with Crippen molar-refractivity contribution in [1.82, 2.24) is 8.87 Å². The van der Waals surface area contributed by atoms with Gasteiger partial charge in [0, 0.05) is 26.0 Å². The largest absolute Gasteiger partial charge is 0.480 e. The zero-order chi connectivity index (χ0) is 15.1. The Morgan fingerprint density at radius 3 is 2.60 bits per heavy atom. The summed E-state index contributed by atoms with van der Waals surface area (Å²) in [6.45, 7) is 3.86. The molecule has 0 bridgehead atoms. The highest BCUT2D eigenvalue weighted by molar-refractivity contribution is 7.89. The molecule has 7 heteroatoms. The van der Waals surface area contributed by atoms with Crippen molar-refractivity contribution in [2.24, 2.45) is 12.5 Å². The molecule has 1 aromatic rings. The Kier molecular flexibility index (Phi) is 3.68. The topological polar surface area (TPSA) is 79.6 Å². The summed E-state index contributed by atoms with van der Waals surface area (Å²) in [5, 5.41) is 9.45. The molecule has 1 unspecified atom stereocenters. The predicted molar refractivity (Wildman–Crippen MR) is 73.7 cm³/mol. The molecule has 0 aliphatic carbocycles. The Balaban J connectivity index is 2.46. The first kappa shape index (κ1) is 15.1. The third-order valence-electron chi connectivity index (χ3n) is 3.87. The minimum Gasteiger partial charge on any atom is -0.480 e. The van der Waals surface area contributed by atoms with Crippen molar-refractivity contribution in [3.05, 3.63) is 18.5 Å². The number of rotatable bonds is 3. The van der Waals surface area contributed by atoms with E-state index in [-0.39, 0.29) is 11.4 Å². The fourth-order valence-electron chi connectivity index (χ4n) is 2.83. The number of carboxylic acid groups (broad SMARTS) is 1. The van der Waals surface area contributed by atoms with Crippen LogP contribution in [0, 0.1) is 5.41 Å². The monoisotopic (exact) mass is 300 g/mol. The van der Waals surface area contributed by atoms with E-state index in [2.05, 4.69) is 0 Å². The number of nitrogens with zero attached hydrogens (tertiary/aromatic N) is 2. The van der Waals surface area contributed by atoms with Gasteiger partial charge < -0.3 is 9.67 Å². The second-order valence-electron chi connectivity index (χ2n) is 5.96. The van der Waals surface area contributed by atoms with Crippen molar-refractivity contribution in [1.29, 1.82) is 0 Å². The van der Waals surface area contributed by atoms with Crippen LogP contribution in [0.25, 0.3) is 0 Å². The molecule has 1 aliphatic heterocycles. The van der Waals surface area contributed by atoms with Crippen LogP contribution >= 0.6 is 0 Å². The quantitative estimate of drug-likeness (QED) is 0.912. The third-order valence-corrected chi connectivity index (χ3v) is 5.72. The molecule has 2 heterocycles.